The van der Waals surface area contributed by atoms with Gasteiger partial charge >= 0.3 is 6.18 Å². The Hall–Kier alpha value is -2.94. The van der Waals surface area contributed by atoms with Gasteiger partial charge in [0.15, 0.2) is 15.5 Å². The number of hydrogen-bond donors (Lipinski definition) is 0. The van der Waals surface area contributed by atoms with Crippen molar-refractivity contribution in [2.24, 2.45) is 0 Å². The molecule has 0 aliphatic heterocycles. The number of alkyl halides is 3. The molecular formula is C19H16F3N3O2S. The van der Waals surface area contributed by atoms with Crippen LogP contribution in [0.1, 0.15) is 12.6 Å². The van der Waals surface area contributed by atoms with Crippen molar-refractivity contribution in [3.8, 4) is 22.4 Å². The van der Waals surface area contributed by atoms with E-state index in [9.17, 15) is 21.6 Å². The van der Waals surface area contributed by atoms with Crippen molar-refractivity contribution >= 4 is 16.0 Å². The maximum absolute atomic E-state index is 13.9. The maximum Gasteiger partial charge on any atom is 0.434 e. The van der Waals surface area contributed by atoms with Gasteiger partial charge in [-0.15, -0.1) is 0 Å². The first-order chi connectivity index (χ1) is 13.1. The molecule has 0 saturated carbocycles. The van der Waals surface area contributed by atoms with E-state index in [1.54, 1.807) is 19.1 Å². The Kier molecular flexibility index (Phi) is 5.12. The minimum atomic E-state index is -4.68. The molecule has 0 aliphatic carbocycles. The Labute approximate surface area is 160 Å². The summed E-state index contributed by atoms with van der Waals surface area (Å²) in [5.74, 6) is 0. The monoisotopic (exact) mass is 407 g/mol. The number of allylic oxidation sites excluding steroid dienone is 1. The van der Waals surface area contributed by atoms with Crippen LogP contribution < -0.4 is 0 Å². The lowest BCUT2D eigenvalue weighted by atomic mass is 9.99. The summed E-state index contributed by atoms with van der Waals surface area (Å²) < 4.78 is 65.9. The van der Waals surface area contributed by atoms with Gasteiger partial charge in [0.2, 0.25) is 0 Å². The highest BCUT2D eigenvalue weighted by Crippen LogP contribution is 2.42. The molecule has 3 aromatic rings. The quantitative estimate of drug-likeness (QED) is 0.638. The number of nitrogens with zero attached hydrogens (tertiary/aromatic N) is 3. The normalized spacial score (nSPS) is 12.6. The molecule has 0 aliphatic rings. The molecule has 0 N–H and O–H groups in total. The van der Waals surface area contributed by atoms with E-state index in [4.69, 9.17) is 0 Å². The summed E-state index contributed by atoms with van der Waals surface area (Å²) >= 11 is 0. The number of pyridine rings is 1. The number of hydrogen-bond acceptors (Lipinski definition) is 4. The molecular weight excluding hydrogens is 391 g/mol. The van der Waals surface area contributed by atoms with Crippen LogP contribution in [0.15, 0.2) is 59.8 Å². The molecule has 2 heterocycles. The zero-order chi connectivity index (χ0) is 20.5. The fourth-order valence-corrected chi connectivity index (χ4v) is 3.44. The summed E-state index contributed by atoms with van der Waals surface area (Å²) in [7, 11) is -3.47. The van der Waals surface area contributed by atoms with Crippen LogP contribution in [0.25, 0.3) is 28.6 Å². The first kappa shape index (κ1) is 19.8. The van der Waals surface area contributed by atoms with Crippen molar-refractivity contribution in [3.63, 3.8) is 0 Å². The number of benzene rings is 1. The largest absolute Gasteiger partial charge is 0.434 e. The fourth-order valence-electron chi connectivity index (χ4n) is 2.81. The van der Waals surface area contributed by atoms with E-state index in [1.165, 1.54) is 48.9 Å². The maximum atomic E-state index is 13.9. The summed E-state index contributed by atoms with van der Waals surface area (Å²) in [6, 6.07) is 8.41. The van der Waals surface area contributed by atoms with Gasteiger partial charge in [-0.25, -0.2) is 13.1 Å². The zero-order valence-electron chi connectivity index (χ0n) is 15.0. The molecule has 0 unspecified atom stereocenters. The molecule has 0 fully saturated rings. The Bertz CT molecular complexity index is 1120. The van der Waals surface area contributed by atoms with Crippen LogP contribution >= 0.6 is 0 Å². The predicted octanol–water partition coefficient (Wildman–Crippen LogP) is 4.53. The average molecular weight is 407 g/mol. The lowest BCUT2D eigenvalue weighted by Gasteiger charge is -2.11. The van der Waals surface area contributed by atoms with E-state index >= 15 is 0 Å². The van der Waals surface area contributed by atoms with E-state index in [1.807, 2.05) is 0 Å². The SMILES string of the molecule is CC=Cn1nc(-c2ccncc2)c(-c2ccc(S(C)(=O)=O)cc2)c1C(F)(F)F. The fraction of sp³-hybridized carbons (Fsp3) is 0.158. The molecule has 3 rings (SSSR count). The van der Waals surface area contributed by atoms with Gasteiger partial charge in [0, 0.05) is 36.0 Å². The highest BCUT2D eigenvalue weighted by Gasteiger charge is 2.40. The highest BCUT2D eigenvalue weighted by molar-refractivity contribution is 7.90. The lowest BCUT2D eigenvalue weighted by Crippen LogP contribution is -2.12. The average Bonchev–Trinajstić information content (AvgIpc) is 3.02. The Morgan fingerprint density at radius 1 is 1.00 bits per heavy atom. The second-order valence-electron chi connectivity index (χ2n) is 6.03. The summed E-state index contributed by atoms with van der Waals surface area (Å²) in [4.78, 5) is 3.91. The van der Waals surface area contributed by atoms with Crippen molar-refractivity contribution in [3.05, 3.63) is 60.6 Å². The summed E-state index contributed by atoms with van der Waals surface area (Å²) in [5, 5.41) is 4.15. The minimum Gasteiger partial charge on any atom is -0.265 e. The molecule has 0 saturated heterocycles. The third-order valence-corrected chi connectivity index (χ3v) is 5.12. The van der Waals surface area contributed by atoms with Crippen LogP contribution in [0.3, 0.4) is 0 Å². The Morgan fingerprint density at radius 2 is 1.61 bits per heavy atom. The van der Waals surface area contributed by atoms with Crippen LogP contribution in [0.4, 0.5) is 13.2 Å². The zero-order valence-corrected chi connectivity index (χ0v) is 15.8. The molecule has 28 heavy (non-hydrogen) atoms. The summed E-state index contributed by atoms with van der Waals surface area (Å²) in [5.41, 5.74) is -0.269. The molecule has 2 aromatic heterocycles. The number of sulfone groups is 1. The number of halogens is 3. The highest BCUT2D eigenvalue weighted by atomic mass is 32.2. The van der Waals surface area contributed by atoms with Gasteiger partial charge < -0.3 is 0 Å². The Morgan fingerprint density at radius 3 is 2.11 bits per heavy atom. The van der Waals surface area contributed by atoms with E-state index < -0.39 is 21.7 Å². The van der Waals surface area contributed by atoms with Crippen molar-refractivity contribution in [1.82, 2.24) is 14.8 Å². The Balaban J connectivity index is 2.34. The number of aromatic nitrogens is 3. The van der Waals surface area contributed by atoms with Crippen LogP contribution in [0.2, 0.25) is 0 Å². The van der Waals surface area contributed by atoms with Gasteiger partial charge in [-0.1, -0.05) is 18.2 Å². The van der Waals surface area contributed by atoms with Gasteiger partial charge in [0.1, 0.15) is 5.69 Å². The molecule has 9 heteroatoms. The molecule has 146 valence electrons. The van der Waals surface area contributed by atoms with E-state index in [0.29, 0.717) is 5.56 Å². The van der Waals surface area contributed by atoms with E-state index in [-0.39, 0.29) is 21.7 Å². The topological polar surface area (TPSA) is 64.8 Å². The van der Waals surface area contributed by atoms with Crippen molar-refractivity contribution in [2.75, 3.05) is 6.26 Å². The molecule has 1 aromatic carbocycles. The second kappa shape index (κ2) is 7.23. The van der Waals surface area contributed by atoms with Gasteiger partial charge in [0.05, 0.1) is 4.90 Å². The van der Waals surface area contributed by atoms with Crippen LogP contribution in [-0.2, 0) is 16.0 Å². The molecule has 0 amide bonds. The molecule has 0 bridgehead atoms. The van der Waals surface area contributed by atoms with Gasteiger partial charge in [-0.3, -0.25) is 4.98 Å². The second-order valence-corrected chi connectivity index (χ2v) is 8.05. The van der Waals surface area contributed by atoms with Crippen molar-refractivity contribution < 1.29 is 21.6 Å². The van der Waals surface area contributed by atoms with Gasteiger partial charge in [-0.2, -0.15) is 18.3 Å². The summed E-state index contributed by atoms with van der Waals surface area (Å²) in [6.45, 7) is 1.59. The van der Waals surface area contributed by atoms with Gasteiger partial charge in [-0.05, 0) is 36.8 Å². The lowest BCUT2D eigenvalue weighted by molar-refractivity contribution is -0.142. The van der Waals surface area contributed by atoms with E-state index in [0.717, 1.165) is 10.9 Å². The standard InChI is InChI=1S/C19H16F3N3O2S/c1-3-12-25-18(19(20,21)22)16(17(24-25)14-8-10-23-11-9-14)13-4-6-15(7-5-13)28(2,26)27/h3-12H,1-2H3. The van der Waals surface area contributed by atoms with Crippen molar-refractivity contribution in [1.29, 1.82) is 0 Å². The molecule has 0 spiro atoms. The number of rotatable bonds is 4. The molecule has 0 radical (unpaired) electrons. The summed E-state index contributed by atoms with van der Waals surface area (Å²) in [6.07, 6.45) is 1.97. The van der Waals surface area contributed by atoms with Crippen LogP contribution in [0, 0.1) is 0 Å². The van der Waals surface area contributed by atoms with Crippen molar-refractivity contribution in [2.45, 2.75) is 18.0 Å². The van der Waals surface area contributed by atoms with Crippen LogP contribution in [-0.4, -0.2) is 29.4 Å². The minimum absolute atomic E-state index is 0.0242. The molecule has 5 nitrogen and oxygen atoms in total. The van der Waals surface area contributed by atoms with Crippen LogP contribution in [0.5, 0.6) is 0 Å². The predicted molar refractivity (Wildman–Crippen MR) is 100 cm³/mol. The van der Waals surface area contributed by atoms with E-state index in [2.05, 4.69) is 10.1 Å². The first-order valence-corrected chi connectivity index (χ1v) is 10.1. The third-order valence-electron chi connectivity index (χ3n) is 3.99. The van der Waals surface area contributed by atoms with Gasteiger partial charge in [0.25, 0.3) is 0 Å². The first-order valence-electron chi connectivity index (χ1n) is 8.16. The third kappa shape index (κ3) is 3.84. The smallest absolute Gasteiger partial charge is 0.265 e. The molecule has 0 atom stereocenters.